The number of halogens is 9. The average molecular weight is 818 g/mol. The number of rotatable bonds is 5. The minimum atomic E-state index is -4.42. The van der Waals surface area contributed by atoms with Gasteiger partial charge in [-0.15, -0.1) is 22.7 Å². The molecule has 6 nitrogen and oxygen atoms in total. The van der Waals surface area contributed by atoms with E-state index in [1.165, 1.54) is 65.9 Å². The Balaban J connectivity index is 0.000000226. The summed E-state index contributed by atoms with van der Waals surface area (Å²) in [6.07, 6.45) is -8.74. The molecule has 51 heavy (non-hydrogen) atoms. The van der Waals surface area contributed by atoms with E-state index >= 15 is 0 Å². The standard InChI is InChI=1S/C16H11F4N3S.C11H9F3N2S.C6H5BrFN.CH4/c17-13-5-4-10(21)7-12(13)14-8-24-15(23-14)22-11-3-1-2-9(6-11)16(18,19)20;1-7-6-17-10(15-7)16-9-4-2-3-8(5-9)11(12,13)14;7-5-3-4(9)1-2-6(5)8;/h1-8H,21H2,(H,22,23);2-6H,1H3,(H,15,16);1-3H,9H2;1H4. The zero-order valence-electron chi connectivity index (χ0n) is 25.5. The molecule has 6 rings (SSSR count). The van der Waals surface area contributed by atoms with E-state index in [1.54, 1.807) is 11.4 Å². The van der Waals surface area contributed by atoms with Gasteiger partial charge in [-0.05, 0) is 95.7 Å². The zero-order valence-corrected chi connectivity index (χ0v) is 28.7. The highest BCUT2D eigenvalue weighted by atomic mass is 79.9. The van der Waals surface area contributed by atoms with Crippen LogP contribution in [0.5, 0.6) is 0 Å². The van der Waals surface area contributed by atoms with E-state index < -0.39 is 29.3 Å². The van der Waals surface area contributed by atoms with Gasteiger partial charge in [0.1, 0.15) is 11.6 Å². The molecule has 0 aliphatic rings. The van der Waals surface area contributed by atoms with E-state index in [0.717, 1.165) is 41.3 Å². The molecule has 0 aliphatic carbocycles. The quantitative estimate of drug-likeness (QED) is 0.102. The molecule has 2 heterocycles. The van der Waals surface area contributed by atoms with Crippen molar-refractivity contribution in [2.75, 3.05) is 22.1 Å². The fourth-order valence-corrected chi connectivity index (χ4v) is 5.75. The van der Waals surface area contributed by atoms with Crippen molar-refractivity contribution in [1.82, 2.24) is 9.97 Å². The smallest absolute Gasteiger partial charge is 0.399 e. The van der Waals surface area contributed by atoms with Gasteiger partial charge in [0.2, 0.25) is 0 Å². The Morgan fingerprint density at radius 2 is 1.14 bits per heavy atom. The first-order valence-electron chi connectivity index (χ1n) is 14.0. The number of benzene rings is 4. The Morgan fingerprint density at radius 3 is 1.61 bits per heavy atom. The summed E-state index contributed by atoms with van der Waals surface area (Å²) < 4.78 is 102. The van der Waals surface area contributed by atoms with Crippen LogP contribution in [0, 0.1) is 18.6 Å². The number of thiazole rings is 2. The third-order valence-corrected chi connectivity index (χ3v) is 8.46. The van der Waals surface area contributed by atoms with Crippen molar-refractivity contribution in [3.8, 4) is 11.3 Å². The number of aryl methyl sites for hydroxylation is 1. The lowest BCUT2D eigenvalue weighted by atomic mass is 10.1. The molecule has 2 aromatic heterocycles. The topological polar surface area (TPSA) is 102 Å². The van der Waals surface area contributed by atoms with Crippen molar-refractivity contribution in [2.45, 2.75) is 26.7 Å². The molecule has 17 heteroatoms. The van der Waals surface area contributed by atoms with Crippen molar-refractivity contribution in [3.05, 3.63) is 129 Å². The third kappa shape index (κ3) is 12.2. The zero-order chi connectivity index (χ0) is 36.6. The van der Waals surface area contributed by atoms with Gasteiger partial charge in [0.05, 0.1) is 27.0 Å². The van der Waals surface area contributed by atoms with Crippen molar-refractivity contribution in [1.29, 1.82) is 0 Å². The maximum absolute atomic E-state index is 13.8. The number of alkyl halides is 6. The van der Waals surface area contributed by atoms with Gasteiger partial charge in [0, 0.05) is 39.1 Å². The Bertz CT molecular complexity index is 2050. The van der Waals surface area contributed by atoms with Crippen LogP contribution in [0.15, 0.2) is 100 Å². The van der Waals surface area contributed by atoms with Crippen LogP contribution in [0.3, 0.4) is 0 Å². The number of nitrogens with two attached hydrogens (primary N) is 2. The molecule has 0 spiro atoms. The predicted octanol–water partition coefficient (Wildman–Crippen LogP) is 12.3. The van der Waals surface area contributed by atoms with Gasteiger partial charge >= 0.3 is 12.4 Å². The molecule has 0 saturated carbocycles. The Morgan fingerprint density at radius 1 is 0.647 bits per heavy atom. The van der Waals surface area contributed by atoms with Crippen molar-refractivity contribution < 1.29 is 35.1 Å². The molecule has 270 valence electrons. The molecule has 6 aromatic rings. The summed E-state index contributed by atoms with van der Waals surface area (Å²) in [4.78, 5) is 8.32. The highest BCUT2D eigenvalue weighted by Crippen LogP contribution is 2.34. The predicted molar refractivity (Wildman–Crippen MR) is 193 cm³/mol. The fraction of sp³-hybridized carbons (Fsp3) is 0.118. The van der Waals surface area contributed by atoms with Gasteiger partial charge in [-0.1, -0.05) is 19.6 Å². The molecule has 0 atom stereocenters. The minimum absolute atomic E-state index is 0. The number of nitrogens with one attached hydrogen (secondary N) is 2. The lowest BCUT2D eigenvalue weighted by Gasteiger charge is -2.09. The summed E-state index contributed by atoms with van der Waals surface area (Å²) in [6, 6.07) is 18.3. The normalized spacial score (nSPS) is 10.9. The van der Waals surface area contributed by atoms with Crippen LogP contribution < -0.4 is 22.1 Å². The highest BCUT2D eigenvalue weighted by molar-refractivity contribution is 9.10. The van der Waals surface area contributed by atoms with Gasteiger partial charge in [-0.2, -0.15) is 26.3 Å². The maximum atomic E-state index is 13.8. The molecule has 0 bridgehead atoms. The van der Waals surface area contributed by atoms with Crippen LogP contribution in [0.2, 0.25) is 0 Å². The van der Waals surface area contributed by atoms with Crippen LogP contribution >= 0.6 is 38.6 Å². The molecule has 6 N–H and O–H groups in total. The lowest BCUT2D eigenvalue weighted by molar-refractivity contribution is -0.138. The largest absolute Gasteiger partial charge is 0.416 e. The van der Waals surface area contributed by atoms with Crippen LogP contribution in [0.1, 0.15) is 24.2 Å². The fourth-order valence-electron chi connectivity index (χ4n) is 3.91. The van der Waals surface area contributed by atoms with Crippen LogP contribution in [-0.2, 0) is 12.4 Å². The second-order valence-corrected chi connectivity index (χ2v) is 12.7. The first kappa shape index (κ1) is 40.7. The van der Waals surface area contributed by atoms with E-state index in [-0.39, 0.29) is 24.5 Å². The average Bonchev–Trinajstić information content (AvgIpc) is 3.69. The maximum Gasteiger partial charge on any atom is 0.416 e. The number of anilines is 6. The molecule has 0 fully saturated rings. The Hall–Kier alpha value is -4.74. The van der Waals surface area contributed by atoms with Crippen molar-refractivity contribution >= 4 is 71.6 Å². The van der Waals surface area contributed by atoms with Crippen molar-refractivity contribution in [3.63, 3.8) is 0 Å². The summed E-state index contributed by atoms with van der Waals surface area (Å²) in [5.74, 6) is -0.760. The van der Waals surface area contributed by atoms with Crippen LogP contribution in [0.4, 0.5) is 68.1 Å². The number of nitrogens with zero attached hydrogens (tertiary/aromatic N) is 2. The molecule has 0 unspecified atom stereocenters. The van der Waals surface area contributed by atoms with Gasteiger partial charge in [-0.3, -0.25) is 0 Å². The Kier molecular flexibility index (Phi) is 13.9. The van der Waals surface area contributed by atoms with Crippen LogP contribution in [0.25, 0.3) is 11.3 Å². The molecular weight excluding hydrogens is 788 g/mol. The molecule has 4 aromatic carbocycles. The van der Waals surface area contributed by atoms with E-state index in [1.807, 2.05) is 12.3 Å². The molecule has 0 radical (unpaired) electrons. The molecular formula is C34H29BrF8N6S2. The summed E-state index contributed by atoms with van der Waals surface area (Å²) in [5.41, 5.74) is 12.6. The Labute approximate surface area is 304 Å². The first-order valence-corrected chi connectivity index (χ1v) is 16.6. The van der Waals surface area contributed by atoms with E-state index in [4.69, 9.17) is 11.5 Å². The molecule has 0 aliphatic heterocycles. The lowest BCUT2D eigenvalue weighted by Crippen LogP contribution is -2.05. The summed E-state index contributed by atoms with van der Waals surface area (Å²) >= 11 is 5.50. The second-order valence-electron chi connectivity index (χ2n) is 10.2. The third-order valence-electron chi connectivity index (χ3n) is 6.22. The van der Waals surface area contributed by atoms with Gasteiger partial charge in [0.15, 0.2) is 10.3 Å². The summed E-state index contributed by atoms with van der Waals surface area (Å²) in [6.45, 7) is 1.83. The number of hydrogen-bond acceptors (Lipinski definition) is 8. The van der Waals surface area contributed by atoms with E-state index in [2.05, 4.69) is 36.5 Å². The van der Waals surface area contributed by atoms with Crippen molar-refractivity contribution in [2.24, 2.45) is 0 Å². The number of nitrogen functional groups attached to an aromatic ring is 2. The SMILES string of the molecule is C.Cc1csc(Nc2cccc(C(F)(F)F)c2)n1.Nc1ccc(F)c(-c2csc(Nc3cccc(C(F)(F)F)c3)n2)c1.Nc1ccc(F)c(Br)c1. The number of hydrogen-bond donors (Lipinski definition) is 4. The molecule has 0 amide bonds. The number of aromatic nitrogens is 2. The highest BCUT2D eigenvalue weighted by Gasteiger charge is 2.31. The van der Waals surface area contributed by atoms with E-state index in [0.29, 0.717) is 37.5 Å². The van der Waals surface area contributed by atoms with E-state index in [9.17, 15) is 35.1 Å². The second kappa shape index (κ2) is 17.5. The van der Waals surface area contributed by atoms with Gasteiger partial charge in [0.25, 0.3) is 0 Å². The minimum Gasteiger partial charge on any atom is -0.399 e. The molecule has 0 saturated heterocycles. The van der Waals surface area contributed by atoms with Gasteiger partial charge in [-0.25, -0.2) is 18.7 Å². The summed E-state index contributed by atoms with van der Waals surface area (Å²) in [5, 5.41) is 10.0. The van der Waals surface area contributed by atoms with Crippen LogP contribution in [-0.4, -0.2) is 9.97 Å². The van der Waals surface area contributed by atoms with Gasteiger partial charge < -0.3 is 22.1 Å². The summed E-state index contributed by atoms with van der Waals surface area (Å²) in [7, 11) is 0. The first-order chi connectivity index (χ1) is 23.5. The monoisotopic (exact) mass is 816 g/mol.